The average Bonchev–Trinajstić information content (AvgIpc) is 3.47. The highest BCUT2D eigenvalue weighted by Gasteiger charge is 2.16. The molecule has 5 rings (SSSR count). The fourth-order valence-corrected chi connectivity index (χ4v) is 5.89. The number of thiophene rings is 1. The Balaban J connectivity index is 1.65. The van der Waals surface area contributed by atoms with Gasteiger partial charge in [0.1, 0.15) is 0 Å². The first-order valence-corrected chi connectivity index (χ1v) is 14.9. The van der Waals surface area contributed by atoms with Crippen LogP contribution < -0.4 is 0 Å². The van der Waals surface area contributed by atoms with Gasteiger partial charge < -0.3 is 0 Å². The van der Waals surface area contributed by atoms with Gasteiger partial charge in [-0.15, -0.1) is 0 Å². The number of benzene rings is 4. The van der Waals surface area contributed by atoms with E-state index in [4.69, 9.17) is 0 Å². The summed E-state index contributed by atoms with van der Waals surface area (Å²) in [7, 11) is 0. The van der Waals surface area contributed by atoms with Gasteiger partial charge in [0.15, 0.2) is 11.6 Å². The summed E-state index contributed by atoms with van der Waals surface area (Å²) in [6.45, 7) is 0. The molecule has 0 bridgehead atoms. The van der Waals surface area contributed by atoms with Crippen LogP contribution in [0.15, 0.2) is 108 Å². The number of rotatable bonds is 8. The first-order chi connectivity index (χ1) is 18.1. The van der Waals surface area contributed by atoms with Crippen LogP contribution >= 0.6 is 43.2 Å². The van der Waals surface area contributed by atoms with E-state index in [9.17, 15) is 9.59 Å². The molecule has 0 aliphatic rings. The number of hydrogen-bond donors (Lipinski definition) is 0. The number of carbonyl (C=O) groups is 2. The summed E-state index contributed by atoms with van der Waals surface area (Å²) in [6, 6.07) is 32.5. The zero-order valence-corrected chi connectivity index (χ0v) is 23.8. The maximum Gasteiger partial charge on any atom is 0.173 e. The zero-order valence-electron chi connectivity index (χ0n) is 19.8. The minimum Gasteiger partial charge on any atom is -0.293 e. The largest absolute Gasteiger partial charge is 0.293 e. The van der Waals surface area contributed by atoms with Crippen LogP contribution in [0.25, 0.3) is 44.5 Å². The first-order valence-electron chi connectivity index (χ1n) is 11.7. The maximum atomic E-state index is 12.1. The molecule has 1 heterocycles. The molecule has 0 radical (unpaired) electrons. The molecule has 4 aromatic carbocycles. The molecule has 0 fully saturated rings. The molecule has 0 unspecified atom stereocenters. The summed E-state index contributed by atoms with van der Waals surface area (Å²) in [5.74, 6) is 0.128. The molecule has 37 heavy (non-hydrogen) atoms. The molecule has 0 saturated heterocycles. The second kappa shape index (κ2) is 11.5. The minimum atomic E-state index is 0.0631. The monoisotopic (exact) mass is 628 g/mol. The minimum absolute atomic E-state index is 0.0631. The second-order valence-electron chi connectivity index (χ2n) is 8.59. The molecule has 0 spiro atoms. The normalized spacial score (nSPS) is 10.9. The van der Waals surface area contributed by atoms with E-state index in [0.29, 0.717) is 21.8 Å². The molecule has 0 saturated carbocycles. The van der Waals surface area contributed by atoms with Crippen LogP contribution in [-0.4, -0.2) is 22.2 Å². The summed E-state index contributed by atoms with van der Waals surface area (Å²) >= 11 is 8.20. The van der Waals surface area contributed by atoms with Crippen molar-refractivity contribution in [3.8, 4) is 44.5 Å². The molecule has 0 aliphatic carbocycles. The topological polar surface area (TPSA) is 34.1 Å². The first kappa shape index (κ1) is 25.5. The van der Waals surface area contributed by atoms with E-state index >= 15 is 0 Å². The highest BCUT2D eigenvalue weighted by atomic mass is 79.9. The quantitative estimate of drug-likeness (QED) is 0.126. The van der Waals surface area contributed by atoms with Gasteiger partial charge in [-0.05, 0) is 50.2 Å². The third-order valence-corrected chi connectivity index (χ3v) is 8.12. The number of ketones is 2. The van der Waals surface area contributed by atoms with Crippen molar-refractivity contribution in [3.05, 3.63) is 119 Å². The third kappa shape index (κ3) is 5.45. The Morgan fingerprint density at radius 1 is 0.514 bits per heavy atom. The molecule has 2 nitrogen and oxygen atoms in total. The van der Waals surface area contributed by atoms with Gasteiger partial charge >= 0.3 is 0 Å². The summed E-state index contributed by atoms with van der Waals surface area (Å²) in [5, 5.41) is 5.01. The second-order valence-corrected chi connectivity index (χ2v) is 10.5. The van der Waals surface area contributed by atoms with Crippen LogP contribution in [-0.2, 0) is 0 Å². The number of Topliss-reactive ketones (excluding diaryl/α,β-unsaturated/α-hetero) is 2. The molecule has 1 aromatic heterocycles. The number of halogens is 2. The Morgan fingerprint density at radius 2 is 1.03 bits per heavy atom. The Kier molecular flexibility index (Phi) is 7.94. The molecule has 5 heteroatoms. The molecule has 182 valence electrons. The molecule has 0 N–H and O–H groups in total. The standard InChI is InChI=1S/C32H22Br2O2S/c33-17-31(35)24-10-6-21(7-11-24)26-14-15-27(23-8-12-25(13-9-23)32(36)18-34)28(16-26)30-20-37-19-29(30)22-4-2-1-3-5-22/h1-16,19-20H,17-18H2. The van der Waals surface area contributed by atoms with E-state index in [1.165, 1.54) is 16.7 Å². The zero-order chi connectivity index (χ0) is 25.8. The Morgan fingerprint density at radius 3 is 1.62 bits per heavy atom. The predicted octanol–water partition coefficient (Wildman–Crippen LogP) is 9.57. The van der Waals surface area contributed by atoms with Crippen molar-refractivity contribution in [1.29, 1.82) is 0 Å². The van der Waals surface area contributed by atoms with Crippen LogP contribution in [0.3, 0.4) is 0 Å². The van der Waals surface area contributed by atoms with E-state index in [1.54, 1.807) is 11.3 Å². The third-order valence-electron chi connectivity index (χ3n) is 6.36. The van der Waals surface area contributed by atoms with E-state index in [0.717, 1.165) is 27.8 Å². The highest BCUT2D eigenvalue weighted by molar-refractivity contribution is 9.09. The smallest absolute Gasteiger partial charge is 0.173 e. The van der Waals surface area contributed by atoms with Crippen molar-refractivity contribution in [2.75, 3.05) is 10.7 Å². The van der Waals surface area contributed by atoms with Gasteiger partial charge in [0.25, 0.3) is 0 Å². The van der Waals surface area contributed by atoms with Crippen molar-refractivity contribution >= 4 is 54.8 Å². The van der Waals surface area contributed by atoms with Crippen molar-refractivity contribution in [1.82, 2.24) is 0 Å². The van der Waals surface area contributed by atoms with E-state index in [-0.39, 0.29) is 11.6 Å². The molecule has 0 atom stereocenters. The molecule has 0 aliphatic heterocycles. The fourth-order valence-electron chi connectivity index (χ4n) is 4.38. The van der Waals surface area contributed by atoms with Gasteiger partial charge in [0.2, 0.25) is 0 Å². The van der Waals surface area contributed by atoms with Crippen molar-refractivity contribution in [2.24, 2.45) is 0 Å². The van der Waals surface area contributed by atoms with Gasteiger partial charge in [0, 0.05) is 22.3 Å². The van der Waals surface area contributed by atoms with Crippen LogP contribution in [0.4, 0.5) is 0 Å². The molecular weight excluding hydrogens is 608 g/mol. The van der Waals surface area contributed by atoms with Crippen LogP contribution in [0.2, 0.25) is 0 Å². The van der Waals surface area contributed by atoms with E-state index in [2.05, 4.69) is 85.1 Å². The summed E-state index contributed by atoms with van der Waals surface area (Å²) in [6.07, 6.45) is 0. The Hall–Kier alpha value is -3.12. The predicted molar refractivity (Wildman–Crippen MR) is 162 cm³/mol. The maximum absolute atomic E-state index is 12.1. The van der Waals surface area contributed by atoms with Crippen LogP contribution in [0.5, 0.6) is 0 Å². The lowest BCUT2D eigenvalue weighted by atomic mass is 9.89. The molecule has 0 amide bonds. The van der Waals surface area contributed by atoms with Crippen molar-refractivity contribution in [3.63, 3.8) is 0 Å². The van der Waals surface area contributed by atoms with E-state index in [1.807, 2.05) is 54.6 Å². The fraction of sp³-hybridized carbons (Fsp3) is 0.0625. The molecule has 5 aromatic rings. The lowest BCUT2D eigenvalue weighted by molar-refractivity contribution is 0.101. The van der Waals surface area contributed by atoms with Gasteiger partial charge in [-0.1, -0.05) is 123 Å². The Labute approximate surface area is 237 Å². The van der Waals surface area contributed by atoms with Crippen molar-refractivity contribution < 1.29 is 9.59 Å². The van der Waals surface area contributed by atoms with Crippen LogP contribution in [0, 0.1) is 0 Å². The number of alkyl halides is 2. The number of carbonyl (C=O) groups excluding carboxylic acids is 2. The van der Waals surface area contributed by atoms with Gasteiger partial charge in [-0.2, -0.15) is 11.3 Å². The van der Waals surface area contributed by atoms with Gasteiger partial charge in [0.05, 0.1) is 10.7 Å². The van der Waals surface area contributed by atoms with E-state index < -0.39 is 0 Å². The van der Waals surface area contributed by atoms with Gasteiger partial charge in [-0.3, -0.25) is 9.59 Å². The SMILES string of the molecule is O=C(CBr)c1ccc(-c2ccc(-c3ccc(C(=O)CBr)cc3)c(-c3cscc3-c3ccccc3)c2)cc1. The Bertz CT molecular complexity index is 1550. The number of hydrogen-bond acceptors (Lipinski definition) is 3. The summed E-state index contributed by atoms with van der Waals surface area (Å²) < 4.78 is 0. The highest BCUT2D eigenvalue weighted by Crippen LogP contribution is 2.42. The lowest BCUT2D eigenvalue weighted by Crippen LogP contribution is -1.99. The lowest BCUT2D eigenvalue weighted by Gasteiger charge is -2.15. The van der Waals surface area contributed by atoms with Gasteiger partial charge in [-0.25, -0.2) is 0 Å². The van der Waals surface area contributed by atoms with Crippen LogP contribution in [0.1, 0.15) is 20.7 Å². The molecular formula is C32H22Br2O2S. The summed E-state index contributed by atoms with van der Waals surface area (Å²) in [4.78, 5) is 24.2. The van der Waals surface area contributed by atoms with Crippen molar-refractivity contribution in [2.45, 2.75) is 0 Å². The average molecular weight is 630 g/mol. The summed E-state index contributed by atoms with van der Waals surface area (Å²) in [5.41, 5.74) is 10.3.